The fourth-order valence-electron chi connectivity index (χ4n) is 5.33. The lowest BCUT2D eigenvalue weighted by Gasteiger charge is -2.35. The van der Waals surface area contributed by atoms with Crippen molar-refractivity contribution in [3.63, 3.8) is 0 Å². The van der Waals surface area contributed by atoms with E-state index in [9.17, 15) is 9.59 Å². The van der Waals surface area contributed by atoms with Crippen molar-refractivity contribution in [2.24, 2.45) is 11.3 Å². The number of benzene rings is 1. The molecule has 4 rings (SSSR count). The molecule has 1 aromatic carbocycles. The maximum atomic E-state index is 13.1. The highest BCUT2D eigenvalue weighted by atomic mass is 16.2. The first-order valence-electron chi connectivity index (χ1n) is 11.5. The van der Waals surface area contributed by atoms with Crippen molar-refractivity contribution in [1.29, 1.82) is 0 Å². The fraction of sp³-hybridized carbons (Fsp3) is 0.600. The van der Waals surface area contributed by atoms with Crippen molar-refractivity contribution in [2.45, 2.75) is 57.0 Å². The van der Waals surface area contributed by atoms with Gasteiger partial charge >= 0.3 is 0 Å². The normalized spacial score (nSPS) is 26.4. The quantitative estimate of drug-likeness (QED) is 0.701. The Hall–Kier alpha value is -2.14. The van der Waals surface area contributed by atoms with E-state index in [1.807, 2.05) is 29.2 Å². The van der Waals surface area contributed by atoms with Crippen LogP contribution in [0.3, 0.4) is 0 Å². The summed E-state index contributed by atoms with van der Waals surface area (Å²) < 4.78 is 0. The van der Waals surface area contributed by atoms with Crippen LogP contribution < -0.4 is 5.32 Å². The lowest BCUT2D eigenvalue weighted by Crippen LogP contribution is -2.49. The minimum absolute atomic E-state index is 0.00861. The second-order valence-corrected chi connectivity index (χ2v) is 9.41. The highest BCUT2D eigenvalue weighted by molar-refractivity contribution is 5.85. The molecule has 162 valence electrons. The molecule has 1 saturated carbocycles. The second kappa shape index (κ2) is 8.93. The molecule has 1 aliphatic carbocycles. The molecule has 5 heteroatoms. The Bertz CT molecular complexity index is 766. The van der Waals surface area contributed by atoms with Crippen molar-refractivity contribution in [2.75, 3.05) is 26.7 Å². The molecule has 0 unspecified atom stereocenters. The van der Waals surface area contributed by atoms with E-state index in [1.165, 1.54) is 5.56 Å². The summed E-state index contributed by atoms with van der Waals surface area (Å²) in [4.78, 5) is 30.4. The van der Waals surface area contributed by atoms with Gasteiger partial charge in [-0.1, -0.05) is 36.4 Å². The number of nitrogens with zero attached hydrogens (tertiary/aromatic N) is 2. The summed E-state index contributed by atoms with van der Waals surface area (Å²) in [5, 5.41) is 3.31. The molecule has 2 aliphatic heterocycles. The monoisotopic (exact) mass is 409 g/mol. The number of nitrogens with one attached hydrogen (secondary N) is 1. The molecule has 0 radical (unpaired) electrons. The van der Waals surface area contributed by atoms with Crippen molar-refractivity contribution >= 4 is 11.8 Å². The molecule has 0 aromatic heterocycles. The van der Waals surface area contributed by atoms with Crippen LogP contribution in [0.1, 0.15) is 56.6 Å². The molecule has 1 aromatic rings. The Balaban J connectivity index is 1.30. The van der Waals surface area contributed by atoms with E-state index in [1.54, 1.807) is 0 Å². The van der Waals surface area contributed by atoms with Crippen LogP contribution in [0.25, 0.3) is 0 Å². The predicted octanol–water partition coefficient (Wildman–Crippen LogP) is 3.53. The van der Waals surface area contributed by atoms with Gasteiger partial charge in [0.05, 0.1) is 5.92 Å². The zero-order chi connectivity index (χ0) is 21.1. The van der Waals surface area contributed by atoms with E-state index in [0.717, 1.165) is 64.6 Å². The van der Waals surface area contributed by atoms with Crippen LogP contribution in [-0.4, -0.2) is 54.3 Å². The van der Waals surface area contributed by atoms with Gasteiger partial charge in [0.2, 0.25) is 11.8 Å². The number of rotatable bonds is 7. The smallest absolute Gasteiger partial charge is 0.228 e. The highest BCUT2D eigenvalue weighted by Crippen LogP contribution is 2.51. The largest absolute Gasteiger partial charge is 0.353 e. The average molecular weight is 410 g/mol. The van der Waals surface area contributed by atoms with Gasteiger partial charge in [0.1, 0.15) is 0 Å². The molecule has 3 fully saturated rings. The number of amides is 2. The van der Waals surface area contributed by atoms with E-state index in [2.05, 4.69) is 36.0 Å². The summed E-state index contributed by atoms with van der Waals surface area (Å²) in [6.07, 6.45) is 8.40. The van der Waals surface area contributed by atoms with Crippen LogP contribution in [0, 0.1) is 11.3 Å². The molecular formula is C25H35N3O2. The summed E-state index contributed by atoms with van der Waals surface area (Å²) >= 11 is 0. The molecule has 3 aliphatic rings. The Morgan fingerprint density at radius 2 is 1.83 bits per heavy atom. The Labute approximate surface area is 180 Å². The molecular weight excluding hydrogens is 374 g/mol. The van der Waals surface area contributed by atoms with Crippen LogP contribution in [0.2, 0.25) is 0 Å². The van der Waals surface area contributed by atoms with E-state index < -0.39 is 0 Å². The Morgan fingerprint density at radius 1 is 1.13 bits per heavy atom. The maximum absolute atomic E-state index is 13.1. The van der Waals surface area contributed by atoms with Crippen LogP contribution in [-0.2, 0) is 9.59 Å². The van der Waals surface area contributed by atoms with Gasteiger partial charge in [-0.15, -0.1) is 6.58 Å². The van der Waals surface area contributed by atoms with Crippen LogP contribution >= 0.6 is 0 Å². The third kappa shape index (κ3) is 4.31. The standard InChI is InChI=1S/C25H35N3O2/c1-3-4-13-25(14-15-25)24(30)28-17-10-20(11-18-28)26-23(29)21-12-16-27(2)22(21)19-8-6-5-7-9-19/h3,5-9,20-22H,1,4,10-18H2,2H3,(H,26,29)/t21-,22-/m0/s1. The van der Waals surface area contributed by atoms with Crippen LogP contribution in [0.5, 0.6) is 0 Å². The average Bonchev–Trinajstić information content (AvgIpc) is 3.47. The van der Waals surface area contributed by atoms with E-state index in [0.29, 0.717) is 5.91 Å². The molecule has 5 nitrogen and oxygen atoms in total. The van der Waals surface area contributed by atoms with Crippen molar-refractivity contribution in [1.82, 2.24) is 15.1 Å². The lowest BCUT2D eigenvalue weighted by molar-refractivity contribution is -0.138. The fourth-order valence-corrected chi connectivity index (χ4v) is 5.33. The molecule has 1 N–H and O–H groups in total. The number of hydrogen-bond acceptors (Lipinski definition) is 3. The summed E-state index contributed by atoms with van der Waals surface area (Å²) in [6.45, 7) is 6.25. The summed E-state index contributed by atoms with van der Waals surface area (Å²) in [7, 11) is 2.11. The molecule has 2 atom stereocenters. The van der Waals surface area contributed by atoms with E-state index in [4.69, 9.17) is 0 Å². The number of hydrogen-bond donors (Lipinski definition) is 1. The van der Waals surface area contributed by atoms with Gasteiger partial charge in [-0.2, -0.15) is 0 Å². The van der Waals surface area contributed by atoms with Crippen LogP contribution in [0.15, 0.2) is 43.0 Å². The molecule has 0 spiro atoms. The van der Waals surface area contributed by atoms with Gasteiger partial charge < -0.3 is 10.2 Å². The minimum atomic E-state index is -0.110. The Kier molecular flexibility index (Phi) is 6.28. The van der Waals surface area contributed by atoms with Gasteiger partial charge in [-0.25, -0.2) is 0 Å². The van der Waals surface area contributed by atoms with Gasteiger partial charge in [-0.05, 0) is 64.1 Å². The lowest BCUT2D eigenvalue weighted by atomic mass is 9.92. The van der Waals surface area contributed by atoms with Gasteiger partial charge in [0.25, 0.3) is 0 Å². The van der Waals surface area contributed by atoms with Crippen molar-refractivity contribution in [3.05, 3.63) is 48.6 Å². The minimum Gasteiger partial charge on any atom is -0.353 e. The Morgan fingerprint density at radius 3 is 2.47 bits per heavy atom. The van der Waals surface area contributed by atoms with Crippen molar-refractivity contribution < 1.29 is 9.59 Å². The predicted molar refractivity (Wildman–Crippen MR) is 119 cm³/mol. The number of carbonyl (C=O) groups excluding carboxylic acids is 2. The second-order valence-electron chi connectivity index (χ2n) is 9.41. The SMILES string of the molecule is C=CCCC1(C(=O)N2CCC(NC(=O)[C@H]3CCN(C)[C@H]3c3ccccc3)CC2)CC1. The topological polar surface area (TPSA) is 52.7 Å². The summed E-state index contributed by atoms with van der Waals surface area (Å²) in [6, 6.07) is 10.7. The molecule has 30 heavy (non-hydrogen) atoms. The zero-order valence-electron chi connectivity index (χ0n) is 18.2. The summed E-state index contributed by atoms with van der Waals surface area (Å²) in [5.74, 6) is 0.490. The zero-order valence-corrected chi connectivity index (χ0v) is 18.2. The summed E-state index contributed by atoms with van der Waals surface area (Å²) in [5.41, 5.74) is 1.11. The number of carbonyl (C=O) groups is 2. The molecule has 2 saturated heterocycles. The number of piperidine rings is 1. The first-order chi connectivity index (χ1) is 14.5. The third-order valence-electron chi connectivity index (χ3n) is 7.39. The van der Waals surface area contributed by atoms with Gasteiger partial charge in [0, 0.05) is 30.6 Å². The van der Waals surface area contributed by atoms with E-state index in [-0.39, 0.29) is 29.3 Å². The number of allylic oxidation sites excluding steroid dienone is 1. The third-order valence-corrected chi connectivity index (χ3v) is 7.39. The number of likely N-dealkylation sites (tertiary alicyclic amines) is 2. The highest BCUT2D eigenvalue weighted by Gasteiger charge is 2.51. The van der Waals surface area contributed by atoms with Gasteiger partial charge in [0.15, 0.2) is 0 Å². The van der Waals surface area contributed by atoms with E-state index >= 15 is 0 Å². The molecule has 2 heterocycles. The maximum Gasteiger partial charge on any atom is 0.228 e. The first-order valence-corrected chi connectivity index (χ1v) is 11.5. The first kappa shape index (κ1) is 21.1. The van der Waals surface area contributed by atoms with Crippen LogP contribution in [0.4, 0.5) is 0 Å². The van der Waals surface area contributed by atoms with Gasteiger partial charge in [-0.3, -0.25) is 14.5 Å². The molecule has 0 bridgehead atoms. The molecule has 2 amide bonds. The van der Waals surface area contributed by atoms with Crippen molar-refractivity contribution in [3.8, 4) is 0 Å².